The minimum atomic E-state index is 0.522. The highest BCUT2D eigenvalue weighted by molar-refractivity contribution is 7.16. The molecule has 0 saturated carbocycles. The Bertz CT molecular complexity index is 609. The van der Waals surface area contributed by atoms with Crippen LogP contribution in [-0.2, 0) is 0 Å². The van der Waals surface area contributed by atoms with Crippen molar-refractivity contribution in [3.63, 3.8) is 0 Å². The summed E-state index contributed by atoms with van der Waals surface area (Å²) in [4.78, 5) is 12.8. The van der Waals surface area contributed by atoms with Gasteiger partial charge in [0.1, 0.15) is 10.6 Å². The monoisotopic (exact) mass is 290 g/mol. The summed E-state index contributed by atoms with van der Waals surface area (Å²) in [6.45, 7) is 8.07. The molecule has 3 atom stereocenters. The number of thiophene rings is 1. The quantitative estimate of drug-likeness (QED) is 0.917. The molecule has 0 amide bonds. The van der Waals surface area contributed by atoms with E-state index in [1.165, 1.54) is 11.8 Å². The van der Waals surface area contributed by atoms with Gasteiger partial charge in [-0.25, -0.2) is 4.98 Å². The van der Waals surface area contributed by atoms with Crippen LogP contribution in [0.3, 0.4) is 0 Å². The Balaban J connectivity index is 2.09. The van der Waals surface area contributed by atoms with Crippen LogP contribution in [0.25, 0.3) is 10.2 Å². The Morgan fingerprint density at radius 2 is 2.10 bits per heavy atom. The summed E-state index contributed by atoms with van der Waals surface area (Å²) in [6.07, 6.45) is 1.30. The lowest BCUT2D eigenvalue weighted by atomic mass is 9.86. The van der Waals surface area contributed by atoms with Crippen LogP contribution < -0.4 is 10.2 Å². The largest absolute Gasteiger partial charge is 0.357 e. The number of piperidine rings is 1. The molecule has 0 aromatic carbocycles. The van der Waals surface area contributed by atoms with Crippen molar-refractivity contribution in [2.45, 2.75) is 33.2 Å². The second-order valence-corrected chi connectivity index (χ2v) is 6.87. The third-order valence-corrected chi connectivity index (χ3v) is 5.20. The van der Waals surface area contributed by atoms with E-state index in [0.717, 1.165) is 17.2 Å². The molecule has 2 aromatic rings. The fourth-order valence-corrected chi connectivity index (χ4v) is 3.92. The van der Waals surface area contributed by atoms with E-state index in [1.54, 1.807) is 11.3 Å². The summed E-state index contributed by atoms with van der Waals surface area (Å²) in [6, 6.07) is 2.67. The van der Waals surface area contributed by atoms with Crippen molar-refractivity contribution in [1.29, 1.82) is 0 Å². The third kappa shape index (κ3) is 2.24. The molecule has 0 spiro atoms. The zero-order valence-corrected chi connectivity index (χ0v) is 13.4. The molecule has 1 aliphatic heterocycles. The van der Waals surface area contributed by atoms with E-state index in [4.69, 9.17) is 4.98 Å². The maximum Gasteiger partial charge on any atom is 0.225 e. The van der Waals surface area contributed by atoms with E-state index in [2.05, 4.69) is 47.4 Å². The van der Waals surface area contributed by atoms with E-state index in [0.29, 0.717) is 23.8 Å². The molecular weight excluding hydrogens is 268 g/mol. The summed E-state index contributed by atoms with van der Waals surface area (Å²) >= 11 is 1.68. The minimum absolute atomic E-state index is 0.522. The Hall–Kier alpha value is -1.36. The molecule has 3 unspecified atom stereocenters. The van der Waals surface area contributed by atoms with Gasteiger partial charge in [0.15, 0.2) is 0 Å². The number of aromatic nitrogens is 2. The molecule has 108 valence electrons. The van der Waals surface area contributed by atoms with Crippen molar-refractivity contribution in [3.8, 4) is 0 Å². The second kappa shape index (κ2) is 5.20. The number of fused-ring (bicyclic) bond motifs is 1. The van der Waals surface area contributed by atoms with Gasteiger partial charge >= 0.3 is 0 Å². The van der Waals surface area contributed by atoms with Gasteiger partial charge in [-0.1, -0.05) is 13.8 Å². The van der Waals surface area contributed by atoms with Gasteiger partial charge in [-0.3, -0.25) is 0 Å². The molecule has 2 aromatic heterocycles. The maximum absolute atomic E-state index is 4.74. The van der Waals surface area contributed by atoms with Crippen molar-refractivity contribution in [2.75, 3.05) is 23.8 Å². The predicted octanol–water partition coefficient (Wildman–Crippen LogP) is 3.60. The van der Waals surface area contributed by atoms with E-state index in [1.807, 2.05) is 7.05 Å². The van der Waals surface area contributed by atoms with Crippen LogP contribution in [0.5, 0.6) is 0 Å². The van der Waals surface area contributed by atoms with E-state index in [-0.39, 0.29) is 0 Å². The van der Waals surface area contributed by atoms with Crippen LogP contribution in [0.15, 0.2) is 11.4 Å². The molecule has 1 saturated heterocycles. The third-order valence-electron chi connectivity index (χ3n) is 4.40. The zero-order valence-electron chi connectivity index (χ0n) is 12.6. The van der Waals surface area contributed by atoms with Crippen molar-refractivity contribution in [3.05, 3.63) is 11.4 Å². The predicted molar refractivity (Wildman–Crippen MR) is 86.7 cm³/mol. The lowest BCUT2D eigenvalue weighted by Crippen LogP contribution is -2.46. The highest BCUT2D eigenvalue weighted by Gasteiger charge is 2.31. The fraction of sp³-hybridized carbons (Fsp3) is 0.600. The van der Waals surface area contributed by atoms with Gasteiger partial charge in [0, 0.05) is 19.6 Å². The van der Waals surface area contributed by atoms with Crippen LogP contribution in [0, 0.1) is 11.8 Å². The first-order valence-corrected chi connectivity index (χ1v) is 8.17. The smallest absolute Gasteiger partial charge is 0.225 e. The Morgan fingerprint density at radius 3 is 2.85 bits per heavy atom. The average Bonchev–Trinajstić information content (AvgIpc) is 2.90. The van der Waals surface area contributed by atoms with Gasteiger partial charge in [0.05, 0.1) is 5.39 Å². The molecule has 4 nitrogen and oxygen atoms in total. The Morgan fingerprint density at radius 1 is 1.30 bits per heavy atom. The van der Waals surface area contributed by atoms with Crippen LogP contribution in [0.2, 0.25) is 0 Å². The molecule has 3 rings (SSSR count). The highest BCUT2D eigenvalue weighted by Crippen LogP contribution is 2.35. The second-order valence-electron chi connectivity index (χ2n) is 5.97. The normalized spacial score (nSPS) is 27.0. The SMILES string of the molecule is CNc1nc(N2CC(C)CC(C)C2C)c2ccsc2n1. The van der Waals surface area contributed by atoms with Gasteiger partial charge in [-0.15, -0.1) is 11.3 Å². The Labute approximate surface area is 124 Å². The van der Waals surface area contributed by atoms with Crippen molar-refractivity contribution >= 4 is 33.3 Å². The topological polar surface area (TPSA) is 41.1 Å². The summed E-state index contributed by atoms with van der Waals surface area (Å²) in [7, 11) is 1.88. The molecule has 0 aliphatic carbocycles. The number of anilines is 2. The first-order chi connectivity index (χ1) is 9.60. The van der Waals surface area contributed by atoms with Crippen LogP contribution >= 0.6 is 11.3 Å². The summed E-state index contributed by atoms with van der Waals surface area (Å²) in [5, 5.41) is 6.37. The van der Waals surface area contributed by atoms with Gasteiger partial charge < -0.3 is 10.2 Å². The molecule has 1 fully saturated rings. The van der Waals surface area contributed by atoms with Crippen molar-refractivity contribution < 1.29 is 0 Å². The Kier molecular flexibility index (Phi) is 3.54. The molecule has 0 radical (unpaired) electrons. The number of nitrogens with zero attached hydrogens (tertiary/aromatic N) is 3. The summed E-state index contributed by atoms with van der Waals surface area (Å²) in [5.41, 5.74) is 0. The van der Waals surface area contributed by atoms with Crippen LogP contribution in [0.1, 0.15) is 27.2 Å². The van der Waals surface area contributed by atoms with Gasteiger partial charge in [0.25, 0.3) is 0 Å². The highest BCUT2D eigenvalue weighted by atomic mass is 32.1. The van der Waals surface area contributed by atoms with Gasteiger partial charge in [0.2, 0.25) is 5.95 Å². The van der Waals surface area contributed by atoms with Gasteiger partial charge in [-0.05, 0) is 36.6 Å². The minimum Gasteiger partial charge on any atom is -0.357 e. The van der Waals surface area contributed by atoms with Crippen molar-refractivity contribution in [2.24, 2.45) is 11.8 Å². The van der Waals surface area contributed by atoms with Crippen molar-refractivity contribution in [1.82, 2.24) is 9.97 Å². The molecule has 5 heteroatoms. The van der Waals surface area contributed by atoms with E-state index >= 15 is 0 Å². The molecule has 20 heavy (non-hydrogen) atoms. The zero-order chi connectivity index (χ0) is 14.3. The lowest BCUT2D eigenvalue weighted by Gasteiger charge is -2.42. The number of nitrogens with one attached hydrogen (secondary N) is 1. The summed E-state index contributed by atoms with van der Waals surface area (Å²) < 4.78 is 0. The molecular formula is C15H22N4S. The van der Waals surface area contributed by atoms with Crippen LogP contribution in [-0.4, -0.2) is 29.6 Å². The van der Waals surface area contributed by atoms with Crippen LogP contribution in [0.4, 0.5) is 11.8 Å². The lowest BCUT2D eigenvalue weighted by molar-refractivity contribution is 0.296. The first kappa shape index (κ1) is 13.6. The number of rotatable bonds is 2. The van der Waals surface area contributed by atoms with E-state index in [9.17, 15) is 0 Å². The maximum atomic E-state index is 4.74. The van der Waals surface area contributed by atoms with Gasteiger partial charge in [-0.2, -0.15) is 4.98 Å². The number of hydrogen-bond acceptors (Lipinski definition) is 5. The molecule has 0 bridgehead atoms. The first-order valence-electron chi connectivity index (χ1n) is 7.29. The standard InChI is InChI=1S/C15H22N4S/c1-9-7-10(2)11(3)19(8-9)13-12-5-6-20-14(12)18-15(16-4)17-13/h5-6,9-11H,7-8H2,1-4H3,(H,16,17,18). The summed E-state index contributed by atoms with van der Waals surface area (Å²) in [5.74, 6) is 3.21. The molecule has 1 aliphatic rings. The average molecular weight is 290 g/mol. The fourth-order valence-electron chi connectivity index (χ4n) is 3.17. The van der Waals surface area contributed by atoms with E-state index < -0.39 is 0 Å². The molecule has 3 heterocycles. The molecule has 1 N–H and O–H groups in total. The number of hydrogen-bond donors (Lipinski definition) is 1.